The molecule has 1 aliphatic heterocycles. The van der Waals surface area contributed by atoms with E-state index in [1.807, 2.05) is 19.3 Å². The molecular formula is C15H25N3. The lowest BCUT2D eigenvalue weighted by molar-refractivity contribution is 0.375. The van der Waals surface area contributed by atoms with Crippen LogP contribution in [-0.4, -0.2) is 24.6 Å². The predicted molar refractivity (Wildman–Crippen MR) is 76.9 cm³/mol. The van der Waals surface area contributed by atoms with Crippen LogP contribution in [0.5, 0.6) is 0 Å². The highest BCUT2D eigenvalue weighted by Gasteiger charge is 2.26. The molecule has 18 heavy (non-hydrogen) atoms. The van der Waals surface area contributed by atoms with Crippen molar-refractivity contribution in [3.63, 3.8) is 0 Å². The van der Waals surface area contributed by atoms with Gasteiger partial charge in [-0.3, -0.25) is 0 Å². The molecule has 3 unspecified atom stereocenters. The number of pyridine rings is 1. The third kappa shape index (κ3) is 2.66. The molecule has 1 aromatic heterocycles. The van der Waals surface area contributed by atoms with Gasteiger partial charge in [0.25, 0.3) is 0 Å². The van der Waals surface area contributed by atoms with Crippen molar-refractivity contribution in [1.29, 1.82) is 0 Å². The van der Waals surface area contributed by atoms with Gasteiger partial charge in [-0.15, -0.1) is 0 Å². The van der Waals surface area contributed by atoms with Crippen LogP contribution in [0, 0.1) is 5.92 Å². The van der Waals surface area contributed by atoms with E-state index in [-0.39, 0.29) is 0 Å². The van der Waals surface area contributed by atoms with E-state index < -0.39 is 0 Å². The van der Waals surface area contributed by atoms with E-state index in [1.165, 1.54) is 24.2 Å². The average Bonchev–Trinajstić information content (AvgIpc) is 2.38. The number of hydrogen-bond acceptors (Lipinski definition) is 3. The SMILES string of the molecule is CNC(C)c1cccnc1N1CCC(C)CC1C. The summed E-state index contributed by atoms with van der Waals surface area (Å²) in [5.74, 6) is 2.00. The van der Waals surface area contributed by atoms with Crippen LogP contribution in [0.15, 0.2) is 18.3 Å². The molecule has 1 N–H and O–H groups in total. The van der Waals surface area contributed by atoms with Gasteiger partial charge < -0.3 is 10.2 Å². The molecule has 100 valence electrons. The van der Waals surface area contributed by atoms with Gasteiger partial charge in [0, 0.05) is 30.4 Å². The highest BCUT2D eigenvalue weighted by atomic mass is 15.2. The summed E-state index contributed by atoms with van der Waals surface area (Å²) in [6.45, 7) is 7.99. The van der Waals surface area contributed by atoms with Crippen LogP contribution in [0.3, 0.4) is 0 Å². The second kappa shape index (κ2) is 5.70. The van der Waals surface area contributed by atoms with Gasteiger partial charge in [0.1, 0.15) is 5.82 Å². The summed E-state index contributed by atoms with van der Waals surface area (Å²) >= 11 is 0. The van der Waals surface area contributed by atoms with Gasteiger partial charge in [-0.2, -0.15) is 0 Å². The maximum Gasteiger partial charge on any atom is 0.133 e. The molecule has 0 bridgehead atoms. The maximum atomic E-state index is 4.63. The molecule has 3 heteroatoms. The summed E-state index contributed by atoms with van der Waals surface area (Å²) in [5.41, 5.74) is 1.31. The van der Waals surface area contributed by atoms with Crippen molar-refractivity contribution in [3.8, 4) is 0 Å². The summed E-state index contributed by atoms with van der Waals surface area (Å²) in [6.07, 6.45) is 4.45. The minimum atomic E-state index is 0.347. The number of anilines is 1. The minimum absolute atomic E-state index is 0.347. The third-order valence-corrected chi connectivity index (χ3v) is 4.13. The van der Waals surface area contributed by atoms with Crippen molar-refractivity contribution >= 4 is 5.82 Å². The van der Waals surface area contributed by atoms with Gasteiger partial charge in [-0.1, -0.05) is 13.0 Å². The van der Waals surface area contributed by atoms with Crippen molar-refractivity contribution < 1.29 is 0 Å². The number of nitrogens with zero attached hydrogens (tertiary/aromatic N) is 2. The van der Waals surface area contributed by atoms with Crippen LogP contribution in [0.4, 0.5) is 5.82 Å². The molecule has 3 nitrogen and oxygen atoms in total. The van der Waals surface area contributed by atoms with Crippen molar-refractivity contribution in [2.24, 2.45) is 5.92 Å². The summed E-state index contributed by atoms with van der Waals surface area (Å²) in [5, 5.41) is 3.32. The first-order chi connectivity index (χ1) is 8.63. The Hall–Kier alpha value is -1.09. The fourth-order valence-corrected chi connectivity index (χ4v) is 2.86. The molecule has 1 fully saturated rings. The fraction of sp³-hybridized carbons (Fsp3) is 0.667. The quantitative estimate of drug-likeness (QED) is 0.890. The van der Waals surface area contributed by atoms with E-state index in [0.717, 1.165) is 12.5 Å². The van der Waals surface area contributed by atoms with Crippen LogP contribution in [-0.2, 0) is 0 Å². The topological polar surface area (TPSA) is 28.2 Å². The van der Waals surface area contributed by atoms with Crippen molar-refractivity contribution in [1.82, 2.24) is 10.3 Å². The Bertz CT molecular complexity index is 391. The Balaban J connectivity index is 2.27. The van der Waals surface area contributed by atoms with Gasteiger partial charge in [-0.25, -0.2) is 4.98 Å². The standard InChI is InChI=1S/C15H25N3/c1-11-7-9-18(12(2)10-11)15-14(13(3)16-4)6-5-8-17-15/h5-6,8,11-13,16H,7,9-10H2,1-4H3. The normalized spacial score (nSPS) is 26.1. The fourth-order valence-electron chi connectivity index (χ4n) is 2.86. The molecule has 1 aliphatic rings. The molecular weight excluding hydrogens is 222 g/mol. The van der Waals surface area contributed by atoms with E-state index in [0.29, 0.717) is 12.1 Å². The zero-order chi connectivity index (χ0) is 13.1. The molecule has 0 spiro atoms. The van der Waals surface area contributed by atoms with Gasteiger partial charge >= 0.3 is 0 Å². The lowest BCUT2D eigenvalue weighted by atomic mass is 9.93. The number of piperidine rings is 1. The zero-order valence-corrected chi connectivity index (χ0v) is 12.0. The number of hydrogen-bond donors (Lipinski definition) is 1. The largest absolute Gasteiger partial charge is 0.354 e. The molecule has 0 aromatic carbocycles. The van der Waals surface area contributed by atoms with Crippen molar-refractivity contribution in [2.75, 3.05) is 18.5 Å². The number of nitrogens with one attached hydrogen (secondary N) is 1. The molecule has 2 rings (SSSR count). The van der Waals surface area contributed by atoms with E-state index in [1.54, 1.807) is 0 Å². The molecule has 3 atom stereocenters. The average molecular weight is 247 g/mol. The Morgan fingerprint density at radius 3 is 2.89 bits per heavy atom. The summed E-state index contributed by atoms with van der Waals surface area (Å²) in [6, 6.07) is 5.16. The highest BCUT2D eigenvalue weighted by Crippen LogP contribution is 2.30. The van der Waals surface area contributed by atoms with Crippen LogP contribution < -0.4 is 10.2 Å². The van der Waals surface area contributed by atoms with Gasteiger partial charge in [0.2, 0.25) is 0 Å². The van der Waals surface area contributed by atoms with Gasteiger partial charge in [-0.05, 0) is 45.7 Å². The number of aromatic nitrogens is 1. The Morgan fingerprint density at radius 1 is 1.44 bits per heavy atom. The first-order valence-electron chi connectivity index (χ1n) is 7.02. The maximum absolute atomic E-state index is 4.63. The molecule has 2 heterocycles. The smallest absolute Gasteiger partial charge is 0.133 e. The van der Waals surface area contributed by atoms with E-state index in [9.17, 15) is 0 Å². The van der Waals surface area contributed by atoms with Crippen molar-refractivity contribution in [2.45, 2.75) is 45.7 Å². The van der Waals surface area contributed by atoms with E-state index >= 15 is 0 Å². The first-order valence-corrected chi connectivity index (χ1v) is 7.02. The third-order valence-electron chi connectivity index (χ3n) is 4.13. The summed E-state index contributed by atoms with van der Waals surface area (Å²) in [4.78, 5) is 7.11. The lowest BCUT2D eigenvalue weighted by Crippen LogP contribution is -2.41. The molecule has 0 radical (unpaired) electrons. The Morgan fingerprint density at radius 2 is 2.22 bits per heavy atom. The van der Waals surface area contributed by atoms with Crippen LogP contribution in [0.25, 0.3) is 0 Å². The Kier molecular flexibility index (Phi) is 4.23. The molecule has 0 aliphatic carbocycles. The Labute approximate surface area is 111 Å². The second-order valence-corrected chi connectivity index (χ2v) is 5.60. The molecule has 1 saturated heterocycles. The molecule has 0 amide bonds. The van der Waals surface area contributed by atoms with Crippen LogP contribution in [0.2, 0.25) is 0 Å². The zero-order valence-electron chi connectivity index (χ0n) is 12.0. The van der Waals surface area contributed by atoms with E-state index in [4.69, 9.17) is 0 Å². The highest BCUT2D eigenvalue weighted by molar-refractivity contribution is 5.49. The van der Waals surface area contributed by atoms with Crippen LogP contribution in [0.1, 0.15) is 45.2 Å². The van der Waals surface area contributed by atoms with Crippen LogP contribution >= 0.6 is 0 Å². The van der Waals surface area contributed by atoms with E-state index in [2.05, 4.69) is 42.0 Å². The lowest BCUT2D eigenvalue weighted by Gasteiger charge is -2.38. The minimum Gasteiger partial charge on any atom is -0.354 e. The summed E-state index contributed by atoms with van der Waals surface area (Å²) < 4.78 is 0. The van der Waals surface area contributed by atoms with Gasteiger partial charge in [0.05, 0.1) is 0 Å². The summed E-state index contributed by atoms with van der Waals surface area (Å²) in [7, 11) is 2.00. The number of rotatable bonds is 3. The predicted octanol–water partition coefficient (Wildman–Crippen LogP) is 2.99. The first kappa shape index (κ1) is 13.3. The molecule has 1 aromatic rings. The second-order valence-electron chi connectivity index (χ2n) is 5.60. The van der Waals surface area contributed by atoms with Crippen molar-refractivity contribution in [3.05, 3.63) is 23.9 Å². The monoisotopic (exact) mass is 247 g/mol. The van der Waals surface area contributed by atoms with Gasteiger partial charge in [0.15, 0.2) is 0 Å². The molecule has 0 saturated carbocycles.